The number of nitrogens with one attached hydrogen (secondary N) is 1. The van der Waals surface area contributed by atoms with Gasteiger partial charge in [0.15, 0.2) is 11.6 Å². The summed E-state index contributed by atoms with van der Waals surface area (Å²) in [7, 11) is 3.40. The van der Waals surface area contributed by atoms with Gasteiger partial charge in [-0.2, -0.15) is 18.3 Å². The number of halogens is 5. The van der Waals surface area contributed by atoms with Gasteiger partial charge in [-0.05, 0) is 36.6 Å². The van der Waals surface area contributed by atoms with Crippen molar-refractivity contribution >= 4 is 5.84 Å². The van der Waals surface area contributed by atoms with E-state index in [-0.39, 0.29) is 6.04 Å². The largest absolute Gasteiger partial charge is 0.392 e. The van der Waals surface area contributed by atoms with E-state index >= 15 is 0 Å². The maximum Gasteiger partial charge on any atom is 0.392 e. The molecule has 4 nitrogen and oxygen atoms in total. The number of alkyl halides is 3. The normalized spacial score (nSPS) is 17.3. The summed E-state index contributed by atoms with van der Waals surface area (Å²) in [5.41, 5.74) is 3.33. The summed E-state index contributed by atoms with van der Waals surface area (Å²) in [5.74, 6) is -1.28. The maximum absolute atomic E-state index is 13.3. The molecule has 0 saturated carbocycles. The van der Waals surface area contributed by atoms with Crippen LogP contribution in [0.5, 0.6) is 0 Å². The summed E-state index contributed by atoms with van der Waals surface area (Å²) in [6.45, 7) is 2.01. The molecule has 0 unspecified atom stereocenters. The van der Waals surface area contributed by atoms with Gasteiger partial charge in [-0.25, -0.2) is 8.78 Å². The van der Waals surface area contributed by atoms with Crippen LogP contribution in [0, 0.1) is 11.6 Å². The van der Waals surface area contributed by atoms with E-state index in [0.717, 1.165) is 38.1 Å². The van der Waals surface area contributed by atoms with Gasteiger partial charge in [0, 0.05) is 39.8 Å². The maximum atomic E-state index is 13.3. The van der Waals surface area contributed by atoms with E-state index in [2.05, 4.69) is 15.4 Å². The van der Waals surface area contributed by atoms with Gasteiger partial charge < -0.3 is 10.3 Å². The van der Waals surface area contributed by atoms with Crippen LogP contribution in [-0.4, -0.2) is 55.0 Å². The van der Waals surface area contributed by atoms with Gasteiger partial charge >= 0.3 is 6.18 Å². The molecule has 1 saturated heterocycles. The second kappa shape index (κ2) is 9.86. The van der Waals surface area contributed by atoms with Crippen LogP contribution in [0.1, 0.15) is 24.8 Å². The third kappa shape index (κ3) is 6.78. The Morgan fingerprint density at radius 1 is 1.25 bits per heavy atom. The fraction of sp³-hybridized carbons (Fsp3) is 0.526. The van der Waals surface area contributed by atoms with Gasteiger partial charge in [0.05, 0.1) is 6.42 Å². The van der Waals surface area contributed by atoms with E-state index in [1.165, 1.54) is 12.1 Å². The SMILES string of the molecule is CN/N=C(\C=C/CC(F)(F)F)N(C)C1CCN(Cc2ccc(F)c(F)c2)CC1. The van der Waals surface area contributed by atoms with Gasteiger partial charge in [0.2, 0.25) is 0 Å². The van der Waals surface area contributed by atoms with Crippen LogP contribution in [0.15, 0.2) is 35.5 Å². The number of likely N-dealkylation sites (tertiary alicyclic amines) is 1. The fourth-order valence-electron chi connectivity index (χ4n) is 3.19. The van der Waals surface area contributed by atoms with Crippen molar-refractivity contribution in [1.82, 2.24) is 15.2 Å². The molecule has 1 N–H and O–H groups in total. The molecule has 156 valence electrons. The molecule has 0 radical (unpaired) electrons. The highest BCUT2D eigenvalue weighted by Gasteiger charge is 2.26. The number of rotatable bonds is 6. The molecule has 1 heterocycles. The third-order valence-corrected chi connectivity index (χ3v) is 4.70. The number of allylic oxidation sites excluding steroid dienone is 1. The van der Waals surface area contributed by atoms with Crippen LogP contribution in [0.25, 0.3) is 0 Å². The Morgan fingerprint density at radius 3 is 2.50 bits per heavy atom. The van der Waals surface area contributed by atoms with Gasteiger partial charge in [0.1, 0.15) is 5.84 Å². The van der Waals surface area contributed by atoms with E-state index < -0.39 is 24.2 Å². The number of hydrazone groups is 1. The molecular weight excluding hydrogens is 379 g/mol. The summed E-state index contributed by atoms with van der Waals surface area (Å²) < 4.78 is 63.4. The minimum absolute atomic E-state index is 0.129. The zero-order valence-corrected chi connectivity index (χ0v) is 15.9. The van der Waals surface area contributed by atoms with Crippen LogP contribution in [-0.2, 0) is 6.54 Å². The summed E-state index contributed by atoms with van der Waals surface area (Å²) >= 11 is 0. The van der Waals surface area contributed by atoms with Crippen molar-refractivity contribution < 1.29 is 22.0 Å². The van der Waals surface area contributed by atoms with Gasteiger partial charge in [-0.3, -0.25) is 4.90 Å². The highest BCUT2D eigenvalue weighted by atomic mass is 19.4. The molecule has 0 aromatic heterocycles. The number of nitrogens with zero attached hydrogens (tertiary/aromatic N) is 3. The van der Waals surface area contributed by atoms with Crippen LogP contribution in [0.3, 0.4) is 0 Å². The Labute approximate surface area is 161 Å². The molecule has 0 amide bonds. The van der Waals surface area contributed by atoms with Crippen molar-refractivity contribution in [3.05, 3.63) is 47.5 Å². The first-order valence-corrected chi connectivity index (χ1v) is 9.06. The zero-order valence-electron chi connectivity index (χ0n) is 15.9. The van der Waals surface area contributed by atoms with Crippen molar-refractivity contribution in [3.8, 4) is 0 Å². The number of amidine groups is 1. The molecular formula is C19H25F5N4. The van der Waals surface area contributed by atoms with E-state index in [0.29, 0.717) is 17.9 Å². The summed E-state index contributed by atoms with van der Waals surface area (Å²) in [4.78, 5) is 4.02. The third-order valence-electron chi connectivity index (χ3n) is 4.70. The van der Waals surface area contributed by atoms with Crippen LogP contribution in [0.4, 0.5) is 22.0 Å². The average Bonchev–Trinajstić information content (AvgIpc) is 2.63. The minimum atomic E-state index is -4.25. The molecule has 1 aliphatic rings. The number of benzene rings is 1. The van der Waals surface area contributed by atoms with E-state index in [1.54, 1.807) is 13.1 Å². The number of hydrogen-bond donors (Lipinski definition) is 1. The van der Waals surface area contributed by atoms with Crippen LogP contribution in [0.2, 0.25) is 0 Å². The monoisotopic (exact) mass is 404 g/mol. The summed E-state index contributed by atoms with van der Waals surface area (Å²) in [5, 5.41) is 4.07. The lowest BCUT2D eigenvalue weighted by molar-refractivity contribution is -0.125. The lowest BCUT2D eigenvalue weighted by atomic mass is 10.0. The molecule has 9 heteroatoms. The Balaban J connectivity index is 1.90. The van der Waals surface area contributed by atoms with Gasteiger partial charge in [-0.1, -0.05) is 12.1 Å². The van der Waals surface area contributed by atoms with Gasteiger partial charge in [0.25, 0.3) is 0 Å². The molecule has 2 rings (SSSR count). The van der Waals surface area contributed by atoms with Crippen molar-refractivity contribution in [2.24, 2.45) is 5.10 Å². The lowest BCUT2D eigenvalue weighted by Gasteiger charge is -2.37. The Morgan fingerprint density at radius 2 is 1.93 bits per heavy atom. The van der Waals surface area contributed by atoms with Crippen LogP contribution >= 0.6 is 0 Å². The smallest absolute Gasteiger partial charge is 0.355 e. The first-order valence-electron chi connectivity index (χ1n) is 9.06. The van der Waals surface area contributed by atoms with Crippen LogP contribution < -0.4 is 5.43 Å². The molecule has 1 aliphatic heterocycles. The highest BCUT2D eigenvalue weighted by Crippen LogP contribution is 2.21. The predicted octanol–water partition coefficient (Wildman–Crippen LogP) is 3.90. The standard InChI is InChI=1S/C19H25F5N4/c1-25-26-18(4-3-9-19(22,23)24)27(2)15-7-10-28(11-8-15)13-14-5-6-16(20)17(21)12-14/h3-6,12,15,25H,7-11,13H2,1-2H3/b4-3-,26-18+. The Kier molecular flexibility index (Phi) is 7.79. The predicted molar refractivity (Wildman–Crippen MR) is 98.7 cm³/mol. The van der Waals surface area contributed by atoms with Crippen molar-refractivity contribution in [2.45, 2.75) is 38.0 Å². The Hall–Kier alpha value is -2.16. The van der Waals surface area contributed by atoms with Gasteiger partial charge in [-0.15, -0.1) is 0 Å². The number of hydrogen-bond acceptors (Lipinski definition) is 3. The average molecular weight is 404 g/mol. The van der Waals surface area contributed by atoms with E-state index in [4.69, 9.17) is 0 Å². The number of piperidine rings is 1. The fourth-order valence-corrected chi connectivity index (χ4v) is 3.19. The molecule has 1 aromatic carbocycles. The molecule has 0 aliphatic carbocycles. The second-order valence-corrected chi connectivity index (χ2v) is 6.78. The van der Waals surface area contributed by atoms with E-state index in [9.17, 15) is 22.0 Å². The second-order valence-electron chi connectivity index (χ2n) is 6.78. The summed E-state index contributed by atoms with van der Waals surface area (Å²) in [6, 6.07) is 4.03. The first-order chi connectivity index (χ1) is 13.2. The minimum Gasteiger partial charge on any atom is -0.355 e. The lowest BCUT2D eigenvalue weighted by Crippen LogP contribution is -2.45. The molecule has 0 atom stereocenters. The molecule has 28 heavy (non-hydrogen) atoms. The molecule has 1 fully saturated rings. The topological polar surface area (TPSA) is 30.9 Å². The Bertz CT molecular complexity index is 694. The first kappa shape index (κ1) is 22.1. The molecule has 0 spiro atoms. The van der Waals surface area contributed by atoms with E-state index in [1.807, 2.05) is 11.9 Å². The zero-order chi connectivity index (χ0) is 20.7. The number of likely N-dealkylation sites (N-methyl/N-ethyl adjacent to an activating group) is 1. The molecule has 1 aromatic rings. The highest BCUT2D eigenvalue weighted by molar-refractivity contribution is 5.92. The van der Waals surface area contributed by atoms with Crippen molar-refractivity contribution in [3.63, 3.8) is 0 Å². The summed E-state index contributed by atoms with van der Waals surface area (Å²) in [6.07, 6.45) is -1.24. The molecule has 0 bridgehead atoms. The quantitative estimate of drug-likeness (QED) is 0.338. The van der Waals surface area contributed by atoms with Crippen molar-refractivity contribution in [1.29, 1.82) is 0 Å². The van der Waals surface area contributed by atoms with Crippen molar-refractivity contribution in [2.75, 3.05) is 27.2 Å².